The van der Waals surface area contributed by atoms with E-state index in [4.69, 9.17) is 26.3 Å². The van der Waals surface area contributed by atoms with Crippen LogP contribution in [-0.2, 0) is 37.3 Å². The molecule has 5 nitrogen and oxygen atoms in total. The third-order valence-corrected chi connectivity index (χ3v) is 11.6. The third kappa shape index (κ3) is 8.07. The quantitative estimate of drug-likeness (QED) is 0.156. The van der Waals surface area contributed by atoms with Crippen LogP contribution in [0.2, 0.25) is 5.02 Å². The largest absolute Gasteiger partial charge is 2.00 e. The monoisotopic (exact) mass is 999 g/mol. The molecule has 0 spiro atoms. The van der Waals surface area contributed by atoms with Crippen LogP contribution >= 0.6 is 11.6 Å². The summed E-state index contributed by atoms with van der Waals surface area (Å²) in [7, 11) is 0. The number of fused-ring (bicyclic) bond motifs is 4. The van der Waals surface area contributed by atoms with Crippen LogP contribution in [-0.4, -0.2) is 19.1 Å². The molecule has 0 amide bonds. The molecule has 7 heteroatoms. The minimum atomic E-state index is -0.203. The summed E-state index contributed by atoms with van der Waals surface area (Å²) >= 11 is 6.58. The Balaban J connectivity index is 0.00000514. The molecule has 6 aromatic carbocycles. The molecular weight excluding hydrogens is 951 g/mol. The maximum absolute atomic E-state index is 6.83. The Morgan fingerprint density at radius 1 is 0.574 bits per heavy atom. The molecule has 0 N–H and O–H groups in total. The van der Waals surface area contributed by atoms with Gasteiger partial charge in [-0.3, -0.25) is 4.98 Å². The summed E-state index contributed by atoms with van der Waals surface area (Å²) in [6.45, 7) is 20.1. The van der Waals surface area contributed by atoms with Crippen molar-refractivity contribution in [2.24, 2.45) is 0 Å². The smallest absolute Gasteiger partial charge is 0.503 e. The van der Waals surface area contributed by atoms with Gasteiger partial charge in [0.1, 0.15) is 5.82 Å². The Hall–Kier alpha value is -5.48. The SMILES string of the molecule is CC(C)(C)c1cc(Oc2[c-]c3c(cc2)c2cc(Cl)ccc2n3-c2cc(C(C)(C)C)ccn2)[c-]c(-c2nc3ccccc3n2-c2ccc(C(C)(C)C)cc2-c2ccccc2)c1.[Pt+2]. The molecule has 0 atom stereocenters. The van der Waals surface area contributed by atoms with E-state index in [0.29, 0.717) is 16.5 Å². The number of ether oxygens (including phenoxy) is 1. The summed E-state index contributed by atoms with van der Waals surface area (Å²) in [4.78, 5) is 10.2. The minimum absolute atomic E-state index is 0. The maximum atomic E-state index is 6.83. The molecule has 3 heterocycles. The van der Waals surface area contributed by atoms with Crippen LogP contribution in [0.5, 0.6) is 11.5 Å². The zero-order valence-electron chi connectivity index (χ0n) is 36.1. The van der Waals surface area contributed by atoms with Crippen LogP contribution in [0, 0.1) is 12.1 Å². The fourth-order valence-electron chi connectivity index (χ4n) is 7.97. The number of nitrogens with zero attached hydrogens (tertiary/aromatic N) is 4. The fourth-order valence-corrected chi connectivity index (χ4v) is 8.14. The molecule has 0 fully saturated rings. The Bertz CT molecular complexity index is 3090. The van der Waals surface area contributed by atoms with E-state index in [9.17, 15) is 0 Å². The molecule has 0 bridgehead atoms. The molecule has 0 unspecified atom stereocenters. The molecule has 61 heavy (non-hydrogen) atoms. The Labute approximate surface area is 378 Å². The van der Waals surface area contributed by atoms with Crippen molar-refractivity contribution in [1.29, 1.82) is 0 Å². The number of para-hydroxylation sites is 2. The van der Waals surface area contributed by atoms with Crippen LogP contribution < -0.4 is 4.74 Å². The molecule has 0 aliphatic heterocycles. The van der Waals surface area contributed by atoms with Crippen molar-refractivity contribution in [3.05, 3.63) is 167 Å². The zero-order valence-corrected chi connectivity index (χ0v) is 39.1. The van der Waals surface area contributed by atoms with E-state index in [1.165, 1.54) is 11.1 Å². The Morgan fingerprint density at radius 3 is 2.02 bits per heavy atom. The van der Waals surface area contributed by atoms with Crippen LogP contribution in [0.1, 0.15) is 79.0 Å². The number of aromatic nitrogens is 4. The van der Waals surface area contributed by atoms with E-state index < -0.39 is 0 Å². The molecule has 0 aliphatic rings. The summed E-state index contributed by atoms with van der Waals surface area (Å²) in [6.07, 6.45) is 1.88. The maximum Gasteiger partial charge on any atom is 2.00 e. The zero-order chi connectivity index (χ0) is 42.1. The van der Waals surface area contributed by atoms with Gasteiger partial charge in [-0.1, -0.05) is 140 Å². The van der Waals surface area contributed by atoms with Crippen LogP contribution in [0.15, 0.2) is 134 Å². The second kappa shape index (κ2) is 15.8. The Kier molecular flexibility index (Phi) is 10.9. The third-order valence-electron chi connectivity index (χ3n) is 11.4. The average molecular weight is 1000 g/mol. The molecule has 0 aliphatic carbocycles. The summed E-state index contributed by atoms with van der Waals surface area (Å²) in [5, 5.41) is 2.71. The van der Waals surface area contributed by atoms with Gasteiger partial charge < -0.3 is 13.9 Å². The van der Waals surface area contributed by atoms with Crippen LogP contribution in [0.4, 0.5) is 0 Å². The number of rotatable bonds is 6. The molecule has 308 valence electrons. The normalized spacial score (nSPS) is 12.3. The van der Waals surface area contributed by atoms with Gasteiger partial charge in [0.25, 0.3) is 0 Å². The molecule has 9 aromatic rings. The summed E-state index contributed by atoms with van der Waals surface area (Å²) in [6, 6.07) is 51.7. The summed E-state index contributed by atoms with van der Waals surface area (Å²) < 4.78 is 11.3. The molecule has 0 radical (unpaired) electrons. The van der Waals surface area contributed by atoms with Crippen molar-refractivity contribution in [3.8, 4) is 45.5 Å². The van der Waals surface area contributed by atoms with E-state index in [1.807, 2.05) is 30.5 Å². The van der Waals surface area contributed by atoms with Gasteiger partial charge in [0.2, 0.25) is 0 Å². The van der Waals surface area contributed by atoms with Crippen molar-refractivity contribution in [1.82, 2.24) is 19.1 Å². The van der Waals surface area contributed by atoms with Gasteiger partial charge in [-0.15, -0.1) is 34.7 Å². The predicted molar refractivity (Wildman–Crippen MR) is 249 cm³/mol. The number of halogens is 1. The van der Waals surface area contributed by atoms with Gasteiger partial charge in [0.15, 0.2) is 0 Å². The molecule has 9 rings (SSSR count). The standard InChI is InChI=1S/C54H49ClN4O.Pt/c1-52(2,3)36-19-23-46(43(30-36)34-15-11-10-12-16-34)59-48-18-14-13-17-45(48)57-51(59)35-27-38(54(7,8)9)29-41(28-35)60-40-21-22-42-44-32-39(55)20-24-47(44)58(49(42)33-40)50-31-37(25-26-56-50)53(4,5)6;/h10-27,29-32H,1-9H3;/q-2;+2. The van der Waals surface area contributed by atoms with Crippen molar-refractivity contribution in [2.45, 2.75) is 78.6 Å². The van der Waals surface area contributed by atoms with E-state index in [-0.39, 0.29) is 37.3 Å². The van der Waals surface area contributed by atoms with E-state index >= 15 is 0 Å². The van der Waals surface area contributed by atoms with Crippen molar-refractivity contribution in [2.75, 3.05) is 0 Å². The van der Waals surface area contributed by atoms with Crippen molar-refractivity contribution in [3.63, 3.8) is 0 Å². The first kappa shape index (κ1) is 42.2. The van der Waals surface area contributed by atoms with Gasteiger partial charge in [0, 0.05) is 39.5 Å². The van der Waals surface area contributed by atoms with Gasteiger partial charge in [-0.05, 0) is 92.9 Å². The van der Waals surface area contributed by atoms with Crippen LogP contribution in [0.25, 0.3) is 66.9 Å². The van der Waals surface area contributed by atoms with Gasteiger partial charge in [-0.25, -0.2) is 4.98 Å². The predicted octanol–water partition coefficient (Wildman–Crippen LogP) is 14.8. The number of pyridine rings is 1. The number of imidazole rings is 1. The second-order valence-electron chi connectivity index (χ2n) is 18.8. The van der Waals surface area contributed by atoms with Crippen molar-refractivity contribution < 1.29 is 25.8 Å². The molecule has 3 aromatic heterocycles. The summed E-state index contributed by atoms with van der Waals surface area (Å²) in [5.41, 5.74) is 11.2. The molecule has 0 saturated heterocycles. The van der Waals surface area contributed by atoms with E-state index in [2.05, 4.69) is 187 Å². The van der Waals surface area contributed by atoms with E-state index in [0.717, 1.165) is 72.4 Å². The van der Waals surface area contributed by atoms with E-state index in [1.54, 1.807) is 0 Å². The van der Waals surface area contributed by atoms with Gasteiger partial charge in [0.05, 0.1) is 16.9 Å². The molecular formula is C54H49ClN4OPt. The van der Waals surface area contributed by atoms with Gasteiger partial charge >= 0.3 is 21.1 Å². The first-order chi connectivity index (χ1) is 28.5. The fraction of sp³-hybridized carbons (Fsp3) is 0.222. The first-order valence-corrected chi connectivity index (χ1v) is 21.0. The summed E-state index contributed by atoms with van der Waals surface area (Å²) in [5.74, 6) is 2.74. The number of hydrogen-bond donors (Lipinski definition) is 0. The van der Waals surface area contributed by atoms with Crippen molar-refractivity contribution >= 4 is 44.4 Å². The molecule has 0 saturated carbocycles. The second-order valence-corrected chi connectivity index (χ2v) is 19.3. The topological polar surface area (TPSA) is 44.9 Å². The first-order valence-electron chi connectivity index (χ1n) is 20.6. The van der Waals surface area contributed by atoms with Crippen LogP contribution in [0.3, 0.4) is 0 Å². The van der Waals surface area contributed by atoms with Gasteiger partial charge in [-0.2, -0.15) is 6.07 Å². The number of benzene rings is 6. The minimum Gasteiger partial charge on any atom is -0.503 e. The average Bonchev–Trinajstić information content (AvgIpc) is 3.75. The number of hydrogen-bond acceptors (Lipinski definition) is 3. The Morgan fingerprint density at radius 2 is 1.28 bits per heavy atom.